The molecule has 2 rings (SSSR count). The Kier molecular flexibility index (Phi) is 2.84. The molecule has 2 amide bonds. The van der Waals surface area contributed by atoms with E-state index in [1.807, 2.05) is 0 Å². The molecule has 0 radical (unpaired) electrons. The molecule has 0 spiro atoms. The van der Waals surface area contributed by atoms with Crippen molar-refractivity contribution in [1.82, 2.24) is 19.4 Å². The third-order valence-electron chi connectivity index (χ3n) is 2.33. The van der Waals surface area contributed by atoms with Gasteiger partial charge in [0.05, 0.1) is 0 Å². The summed E-state index contributed by atoms with van der Waals surface area (Å²) >= 11 is 1.07. The van der Waals surface area contributed by atoms with Gasteiger partial charge < -0.3 is 0 Å². The maximum absolute atomic E-state index is 11.6. The van der Waals surface area contributed by atoms with E-state index in [0.29, 0.717) is 11.0 Å². The van der Waals surface area contributed by atoms with Gasteiger partial charge >= 0.3 is 0 Å². The molecule has 0 atom stereocenters. The van der Waals surface area contributed by atoms with Crippen molar-refractivity contribution in [1.29, 1.82) is 0 Å². The first-order chi connectivity index (χ1) is 8.00. The summed E-state index contributed by atoms with van der Waals surface area (Å²) in [6.45, 7) is 1.73. The highest BCUT2D eigenvalue weighted by molar-refractivity contribution is 7.09. The fraction of sp³-hybridized carbons (Fsp3) is 0.500. The fourth-order valence-electron chi connectivity index (χ4n) is 1.29. The highest BCUT2D eigenvalue weighted by Gasteiger charge is 2.42. The first-order valence-corrected chi connectivity index (χ1v) is 5.54. The molecule has 0 aliphatic carbocycles. The molecule has 0 bridgehead atoms. The number of hydrazine groups is 1. The van der Waals surface area contributed by atoms with Gasteiger partial charge in [-0.1, -0.05) is 0 Å². The topological polar surface area (TPSA) is 91.1 Å². The summed E-state index contributed by atoms with van der Waals surface area (Å²) < 4.78 is 3.92. The summed E-state index contributed by atoms with van der Waals surface area (Å²) in [6, 6.07) is -1.10. The van der Waals surface area contributed by atoms with Gasteiger partial charge in [0, 0.05) is 25.6 Å². The van der Waals surface area contributed by atoms with Crippen LogP contribution in [-0.4, -0.2) is 51.3 Å². The summed E-state index contributed by atoms with van der Waals surface area (Å²) in [5, 5.41) is 10.2. The standard InChI is InChI=1S/C8H10N6O2S/c1-4-9-8(17-12-4)11-10-5-6(15)13(2)14(3)7(5)16/h5H,1-3H3/b11-10+. The molecule has 0 N–H and O–H groups in total. The molecule has 1 aromatic heterocycles. The summed E-state index contributed by atoms with van der Waals surface area (Å²) in [7, 11) is 3.01. The normalized spacial score (nSPS) is 17.8. The number of carbonyl (C=O) groups is 2. The predicted molar refractivity (Wildman–Crippen MR) is 58.5 cm³/mol. The van der Waals surface area contributed by atoms with Gasteiger partial charge in [-0.3, -0.25) is 19.6 Å². The van der Waals surface area contributed by atoms with Crippen LogP contribution in [0.25, 0.3) is 0 Å². The molecular formula is C8H10N6O2S. The van der Waals surface area contributed by atoms with Crippen molar-refractivity contribution < 1.29 is 9.59 Å². The number of nitrogens with zero attached hydrogens (tertiary/aromatic N) is 6. The Morgan fingerprint density at radius 2 is 1.82 bits per heavy atom. The van der Waals surface area contributed by atoms with Crippen molar-refractivity contribution in [2.45, 2.75) is 13.0 Å². The molecule has 1 aliphatic rings. The minimum absolute atomic E-state index is 0.334. The second kappa shape index (κ2) is 4.17. The number of azo groups is 1. The predicted octanol–water partition coefficient (Wildman–Crippen LogP) is 0.144. The number of likely N-dealkylation sites (N-methyl/N-ethyl adjacent to an activating group) is 2. The van der Waals surface area contributed by atoms with E-state index in [1.165, 1.54) is 24.1 Å². The molecule has 90 valence electrons. The van der Waals surface area contributed by atoms with Crippen LogP contribution in [0.4, 0.5) is 5.13 Å². The smallest absolute Gasteiger partial charge is 0.270 e. The molecular weight excluding hydrogens is 244 g/mol. The van der Waals surface area contributed by atoms with Crippen LogP contribution in [0, 0.1) is 6.92 Å². The van der Waals surface area contributed by atoms with E-state index in [0.717, 1.165) is 11.5 Å². The molecule has 1 aromatic rings. The second-order valence-corrected chi connectivity index (χ2v) is 4.20. The van der Waals surface area contributed by atoms with Gasteiger partial charge in [-0.25, -0.2) is 4.98 Å². The van der Waals surface area contributed by atoms with Crippen LogP contribution in [0.2, 0.25) is 0 Å². The Morgan fingerprint density at radius 3 is 2.29 bits per heavy atom. The molecule has 0 saturated carbocycles. The maximum atomic E-state index is 11.6. The lowest BCUT2D eigenvalue weighted by Gasteiger charge is -2.17. The molecule has 17 heavy (non-hydrogen) atoms. The van der Waals surface area contributed by atoms with Crippen molar-refractivity contribution in [3.8, 4) is 0 Å². The van der Waals surface area contributed by atoms with E-state index in [-0.39, 0.29) is 0 Å². The molecule has 1 saturated heterocycles. The Morgan fingerprint density at radius 1 is 1.24 bits per heavy atom. The first-order valence-electron chi connectivity index (χ1n) is 4.77. The number of amides is 2. The number of rotatable bonds is 2. The van der Waals surface area contributed by atoms with Crippen molar-refractivity contribution in [2.24, 2.45) is 10.2 Å². The average molecular weight is 254 g/mol. The van der Waals surface area contributed by atoms with Crippen molar-refractivity contribution in [3.05, 3.63) is 5.82 Å². The SMILES string of the molecule is Cc1nsc(/N=N/C2C(=O)N(C)N(C)C2=O)n1. The lowest BCUT2D eigenvalue weighted by atomic mass is 10.3. The second-order valence-electron chi connectivity index (χ2n) is 3.47. The van der Waals surface area contributed by atoms with Gasteiger partial charge in [0.15, 0.2) is 0 Å². The zero-order valence-electron chi connectivity index (χ0n) is 9.49. The summed E-state index contributed by atoms with van der Waals surface area (Å²) in [5.41, 5.74) is 0. The Balaban J connectivity index is 2.17. The Hall–Kier alpha value is -1.90. The van der Waals surface area contributed by atoms with Crippen LogP contribution < -0.4 is 0 Å². The van der Waals surface area contributed by atoms with Gasteiger partial charge in [-0.15, -0.1) is 5.11 Å². The maximum Gasteiger partial charge on any atom is 0.277 e. The van der Waals surface area contributed by atoms with E-state index in [4.69, 9.17) is 0 Å². The number of aromatic nitrogens is 2. The summed E-state index contributed by atoms with van der Waals surface area (Å²) in [5.74, 6) is -0.216. The zero-order chi connectivity index (χ0) is 12.6. The fourth-order valence-corrected chi connectivity index (χ4v) is 1.80. The highest BCUT2D eigenvalue weighted by Crippen LogP contribution is 2.18. The van der Waals surface area contributed by atoms with Gasteiger partial charge in [-0.05, 0) is 6.92 Å². The lowest BCUT2D eigenvalue weighted by Crippen LogP contribution is -2.33. The van der Waals surface area contributed by atoms with Crippen LogP contribution in [0.1, 0.15) is 5.82 Å². The summed E-state index contributed by atoms with van der Waals surface area (Å²) in [4.78, 5) is 27.2. The minimum Gasteiger partial charge on any atom is -0.270 e. The van der Waals surface area contributed by atoms with E-state index < -0.39 is 17.9 Å². The number of hydrogen-bond acceptors (Lipinski definition) is 7. The van der Waals surface area contributed by atoms with Crippen molar-refractivity contribution >= 4 is 28.5 Å². The number of carbonyl (C=O) groups excluding carboxylic acids is 2. The Bertz CT molecular complexity index is 478. The Labute approximate surface area is 101 Å². The zero-order valence-corrected chi connectivity index (χ0v) is 10.3. The largest absolute Gasteiger partial charge is 0.277 e. The van der Waals surface area contributed by atoms with Crippen molar-refractivity contribution in [2.75, 3.05) is 14.1 Å². The quantitative estimate of drug-likeness (QED) is 0.554. The van der Waals surface area contributed by atoms with Crippen LogP contribution >= 0.6 is 11.5 Å². The van der Waals surface area contributed by atoms with Crippen molar-refractivity contribution in [3.63, 3.8) is 0 Å². The molecule has 0 unspecified atom stereocenters. The third kappa shape index (κ3) is 2.00. The van der Waals surface area contributed by atoms with Gasteiger partial charge in [-0.2, -0.15) is 9.49 Å². The van der Waals surface area contributed by atoms with Crippen LogP contribution in [0.3, 0.4) is 0 Å². The molecule has 1 aliphatic heterocycles. The lowest BCUT2D eigenvalue weighted by molar-refractivity contribution is -0.141. The molecule has 1 fully saturated rings. The van der Waals surface area contributed by atoms with Gasteiger partial charge in [0.1, 0.15) is 5.82 Å². The van der Waals surface area contributed by atoms with E-state index in [1.54, 1.807) is 6.92 Å². The highest BCUT2D eigenvalue weighted by atomic mass is 32.1. The van der Waals surface area contributed by atoms with Gasteiger partial charge in [0.25, 0.3) is 11.8 Å². The number of aryl methyl sites for hydroxylation is 1. The first kappa shape index (κ1) is 11.6. The third-order valence-corrected chi connectivity index (χ3v) is 3.02. The monoisotopic (exact) mass is 254 g/mol. The van der Waals surface area contributed by atoms with E-state index in [2.05, 4.69) is 19.6 Å². The number of hydrogen-bond donors (Lipinski definition) is 0. The molecule has 9 heteroatoms. The summed E-state index contributed by atoms with van der Waals surface area (Å²) in [6.07, 6.45) is 0. The minimum atomic E-state index is -1.10. The van der Waals surface area contributed by atoms with E-state index >= 15 is 0 Å². The van der Waals surface area contributed by atoms with Crippen LogP contribution in [-0.2, 0) is 9.59 Å². The van der Waals surface area contributed by atoms with Crippen LogP contribution in [0.5, 0.6) is 0 Å². The molecule has 8 nitrogen and oxygen atoms in total. The van der Waals surface area contributed by atoms with Crippen LogP contribution in [0.15, 0.2) is 10.2 Å². The van der Waals surface area contributed by atoms with Gasteiger partial charge in [0.2, 0.25) is 11.2 Å². The van der Waals surface area contributed by atoms with E-state index in [9.17, 15) is 9.59 Å². The average Bonchev–Trinajstić information content (AvgIpc) is 2.78. The molecule has 2 heterocycles. The molecule has 0 aromatic carbocycles.